The van der Waals surface area contributed by atoms with Gasteiger partial charge in [0, 0.05) is 15.8 Å². The molecule has 39 heavy (non-hydrogen) atoms. The van der Waals surface area contributed by atoms with E-state index in [1.165, 1.54) is 18.2 Å². The Labute approximate surface area is 236 Å². The molecule has 11 heteroatoms. The summed E-state index contributed by atoms with van der Waals surface area (Å²) in [5.74, 6) is -2.24. The average Bonchev–Trinajstić information content (AvgIpc) is 3.17. The van der Waals surface area contributed by atoms with Crippen LogP contribution < -0.4 is 10.6 Å². The van der Waals surface area contributed by atoms with Gasteiger partial charge in [0.1, 0.15) is 6.54 Å². The van der Waals surface area contributed by atoms with Crippen molar-refractivity contribution in [3.63, 3.8) is 0 Å². The van der Waals surface area contributed by atoms with Crippen LogP contribution in [0.15, 0.2) is 82.2 Å². The van der Waals surface area contributed by atoms with Crippen LogP contribution in [0.2, 0.25) is 0 Å². The maximum absolute atomic E-state index is 12.7. The molecule has 0 aliphatic carbocycles. The summed E-state index contributed by atoms with van der Waals surface area (Å²) in [5, 5.41) is 4.74. The molecule has 1 heterocycles. The smallest absolute Gasteiger partial charge is 0.338 e. The van der Waals surface area contributed by atoms with Crippen molar-refractivity contribution >= 4 is 74.1 Å². The highest BCUT2D eigenvalue weighted by Crippen LogP contribution is 2.32. The number of esters is 1. The molecule has 0 saturated carbocycles. The Bertz CT molecular complexity index is 1450. The van der Waals surface area contributed by atoms with Gasteiger partial charge in [0.25, 0.3) is 17.1 Å². The first-order valence-corrected chi connectivity index (χ1v) is 13.2. The van der Waals surface area contributed by atoms with Gasteiger partial charge >= 0.3 is 5.97 Å². The maximum atomic E-state index is 12.7. The minimum absolute atomic E-state index is 0.152. The quantitative estimate of drug-likeness (QED) is 0.265. The van der Waals surface area contributed by atoms with Gasteiger partial charge < -0.3 is 15.4 Å². The summed E-state index contributed by atoms with van der Waals surface area (Å²) in [4.78, 5) is 62.8. The van der Waals surface area contributed by atoms with Crippen molar-refractivity contribution < 1.29 is 28.7 Å². The van der Waals surface area contributed by atoms with Crippen molar-refractivity contribution in [1.29, 1.82) is 0 Å². The van der Waals surface area contributed by atoms with Crippen molar-refractivity contribution in [2.45, 2.75) is 6.92 Å². The lowest BCUT2D eigenvalue weighted by Crippen LogP contribution is -2.36. The van der Waals surface area contributed by atoms with Crippen molar-refractivity contribution in [2.24, 2.45) is 0 Å². The van der Waals surface area contributed by atoms with Gasteiger partial charge in [-0.05, 0) is 78.9 Å². The third-order valence-corrected chi connectivity index (χ3v) is 6.85. The zero-order valence-electron chi connectivity index (χ0n) is 20.6. The molecule has 3 aromatic carbocycles. The molecule has 3 aromatic rings. The second kappa shape index (κ2) is 12.5. The zero-order valence-corrected chi connectivity index (χ0v) is 23.0. The van der Waals surface area contributed by atoms with Crippen LogP contribution in [0.4, 0.5) is 16.2 Å². The molecule has 0 atom stereocenters. The minimum atomic E-state index is -0.683. The van der Waals surface area contributed by atoms with Crippen LogP contribution in [0.5, 0.6) is 0 Å². The second-order valence-corrected chi connectivity index (χ2v) is 10.3. The second-order valence-electron chi connectivity index (χ2n) is 8.44. The van der Waals surface area contributed by atoms with E-state index in [1.54, 1.807) is 48.5 Å². The Morgan fingerprint density at radius 1 is 0.872 bits per heavy atom. The van der Waals surface area contributed by atoms with E-state index in [1.807, 2.05) is 19.1 Å². The zero-order chi connectivity index (χ0) is 27.9. The molecule has 0 unspecified atom stereocenters. The standard InChI is InChI=1S/C28H22BrN3O6S/c1-17-2-10-21(11-3-17)31-25(34)16-38-27(36)19-6-4-18(5-7-19)14-23-26(35)32(28(37)39-23)15-24(33)30-22-12-8-20(29)9-13-22/h2-14H,15-16H2,1H3,(H,30,33)(H,31,34)/b23-14-. The van der Waals surface area contributed by atoms with Crippen LogP contribution in [0, 0.1) is 6.92 Å². The Morgan fingerprint density at radius 2 is 1.46 bits per heavy atom. The van der Waals surface area contributed by atoms with Crippen LogP contribution in [0.25, 0.3) is 6.08 Å². The number of rotatable bonds is 8. The highest BCUT2D eigenvalue weighted by atomic mass is 79.9. The van der Waals surface area contributed by atoms with E-state index in [9.17, 15) is 24.0 Å². The third kappa shape index (κ3) is 7.65. The number of benzene rings is 3. The van der Waals surface area contributed by atoms with E-state index in [2.05, 4.69) is 26.6 Å². The van der Waals surface area contributed by atoms with Crippen molar-refractivity contribution in [3.8, 4) is 0 Å². The van der Waals surface area contributed by atoms with Crippen LogP contribution in [0.3, 0.4) is 0 Å². The van der Waals surface area contributed by atoms with Gasteiger partial charge in [0.2, 0.25) is 5.91 Å². The Balaban J connectivity index is 1.30. The number of nitrogens with zero attached hydrogens (tertiary/aromatic N) is 1. The first kappa shape index (κ1) is 27.8. The highest BCUT2D eigenvalue weighted by molar-refractivity contribution is 9.10. The van der Waals surface area contributed by atoms with E-state index in [-0.39, 0.29) is 10.5 Å². The normalized spacial score (nSPS) is 13.9. The SMILES string of the molecule is Cc1ccc(NC(=O)COC(=O)c2ccc(/C=C3\SC(=O)N(CC(=O)Nc4ccc(Br)cc4)C3=O)cc2)cc1. The lowest BCUT2D eigenvalue weighted by molar-refractivity contribution is -0.127. The predicted octanol–water partition coefficient (Wildman–Crippen LogP) is 5.23. The van der Waals surface area contributed by atoms with Gasteiger partial charge in [-0.15, -0.1) is 0 Å². The lowest BCUT2D eigenvalue weighted by Gasteiger charge is -2.12. The number of hydrogen-bond acceptors (Lipinski definition) is 7. The third-order valence-electron chi connectivity index (χ3n) is 5.42. The van der Waals surface area contributed by atoms with Crippen molar-refractivity contribution in [3.05, 3.63) is 98.9 Å². The summed E-state index contributed by atoms with van der Waals surface area (Å²) in [6.07, 6.45) is 1.50. The summed E-state index contributed by atoms with van der Waals surface area (Å²) in [7, 11) is 0. The molecule has 4 amide bonds. The topological polar surface area (TPSA) is 122 Å². The van der Waals surface area contributed by atoms with Gasteiger partial charge in [-0.2, -0.15) is 0 Å². The summed E-state index contributed by atoms with van der Waals surface area (Å²) in [6, 6.07) is 20.2. The number of ether oxygens (including phenoxy) is 1. The Hall–Kier alpha value is -4.22. The van der Waals surface area contributed by atoms with Gasteiger partial charge in [0.05, 0.1) is 10.5 Å². The molecule has 0 spiro atoms. The molecule has 0 aromatic heterocycles. The summed E-state index contributed by atoms with van der Waals surface area (Å²) < 4.78 is 5.92. The number of halogens is 1. The Kier molecular flexibility index (Phi) is 8.95. The number of aryl methyl sites for hydroxylation is 1. The molecular formula is C28H22BrN3O6S. The molecular weight excluding hydrogens is 586 g/mol. The Morgan fingerprint density at radius 3 is 2.10 bits per heavy atom. The number of imide groups is 1. The molecule has 198 valence electrons. The molecule has 1 aliphatic rings. The molecule has 4 rings (SSSR count). The lowest BCUT2D eigenvalue weighted by atomic mass is 10.1. The number of carbonyl (C=O) groups excluding carboxylic acids is 5. The van der Waals surface area contributed by atoms with E-state index < -0.39 is 42.1 Å². The van der Waals surface area contributed by atoms with Gasteiger partial charge in [0.15, 0.2) is 6.61 Å². The van der Waals surface area contributed by atoms with Gasteiger partial charge in [-0.1, -0.05) is 45.8 Å². The van der Waals surface area contributed by atoms with E-state index in [0.717, 1.165) is 26.7 Å². The van der Waals surface area contributed by atoms with Crippen LogP contribution in [-0.2, 0) is 19.1 Å². The maximum Gasteiger partial charge on any atom is 0.338 e. The first-order chi connectivity index (χ1) is 18.7. The molecule has 2 N–H and O–H groups in total. The summed E-state index contributed by atoms with van der Waals surface area (Å²) in [6.45, 7) is 1.07. The van der Waals surface area contributed by atoms with Crippen LogP contribution >= 0.6 is 27.7 Å². The average molecular weight is 608 g/mol. The largest absolute Gasteiger partial charge is 0.452 e. The monoisotopic (exact) mass is 607 g/mol. The van der Waals surface area contributed by atoms with Gasteiger partial charge in [-0.25, -0.2) is 4.79 Å². The van der Waals surface area contributed by atoms with Crippen LogP contribution in [-0.4, -0.2) is 47.0 Å². The number of nitrogens with one attached hydrogen (secondary N) is 2. The number of amides is 4. The molecule has 1 fully saturated rings. The van der Waals surface area contributed by atoms with E-state index in [0.29, 0.717) is 16.9 Å². The fraction of sp³-hybridized carbons (Fsp3) is 0.107. The van der Waals surface area contributed by atoms with Crippen LogP contribution in [0.1, 0.15) is 21.5 Å². The van der Waals surface area contributed by atoms with Crippen molar-refractivity contribution in [1.82, 2.24) is 4.90 Å². The fourth-order valence-corrected chi connectivity index (χ4v) is 4.53. The number of carbonyl (C=O) groups is 5. The first-order valence-electron chi connectivity index (χ1n) is 11.6. The predicted molar refractivity (Wildman–Crippen MR) is 152 cm³/mol. The molecule has 1 saturated heterocycles. The fourth-order valence-electron chi connectivity index (χ4n) is 3.43. The molecule has 1 aliphatic heterocycles. The summed E-state index contributed by atoms with van der Waals surface area (Å²) >= 11 is 4.04. The summed E-state index contributed by atoms with van der Waals surface area (Å²) in [5.41, 5.74) is 2.97. The van der Waals surface area contributed by atoms with Crippen molar-refractivity contribution in [2.75, 3.05) is 23.8 Å². The molecule has 9 nitrogen and oxygen atoms in total. The number of hydrogen-bond donors (Lipinski definition) is 2. The number of thioether (sulfide) groups is 1. The van der Waals surface area contributed by atoms with E-state index >= 15 is 0 Å². The molecule has 0 radical (unpaired) electrons. The molecule has 0 bridgehead atoms. The number of anilines is 2. The van der Waals surface area contributed by atoms with E-state index in [4.69, 9.17) is 4.74 Å². The minimum Gasteiger partial charge on any atom is -0.452 e. The highest BCUT2D eigenvalue weighted by Gasteiger charge is 2.36. The van der Waals surface area contributed by atoms with Gasteiger partial charge in [-0.3, -0.25) is 24.1 Å².